The topological polar surface area (TPSA) is 35.2 Å². The molecule has 2 N–H and O–H groups in total. The van der Waals surface area contributed by atoms with Crippen LogP contribution in [0.3, 0.4) is 0 Å². The van der Waals surface area contributed by atoms with Gasteiger partial charge in [0.25, 0.3) is 0 Å². The summed E-state index contributed by atoms with van der Waals surface area (Å²) in [6.07, 6.45) is 5.02. The molecule has 2 nitrogen and oxygen atoms in total. The van der Waals surface area contributed by atoms with Crippen LogP contribution in [0.15, 0.2) is 22.7 Å². The van der Waals surface area contributed by atoms with Crippen LogP contribution in [0.4, 0.5) is 0 Å². The molecule has 1 aliphatic carbocycles. The maximum absolute atomic E-state index is 6.06. The van der Waals surface area contributed by atoms with Gasteiger partial charge in [-0.3, -0.25) is 0 Å². The summed E-state index contributed by atoms with van der Waals surface area (Å²) in [6.45, 7) is 2.30. The SMILES string of the molecule is CC1CCC(Oc2ccc(Br)cc2C(N)=S)CC1. The lowest BCUT2D eigenvalue weighted by Crippen LogP contribution is -2.24. The van der Waals surface area contributed by atoms with Crippen LogP contribution in [0.1, 0.15) is 38.2 Å². The predicted octanol–water partition coefficient (Wildman–Crippen LogP) is 4.04. The molecule has 0 spiro atoms. The van der Waals surface area contributed by atoms with Crippen molar-refractivity contribution in [2.75, 3.05) is 0 Å². The smallest absolute Gasteiger partial charge is 0.129 e. The summed E-state index contributed by atoms with van der Waals surface area (Å²) in [5.74, 6) is 1.63. The summed E-state index contributed by atoms with van der Waals surface area (Å²) in [5, 5.41) is 0. The molecule has 1 fully saturated rings. The van der Waals surface area contributed by atoms with E-state index < -0.39 is 0 Å². The van der Waals surface area contributed by atoms with Gasteiger partial charge in [-0.15, -0.1) is 0 Å². The Hall–Kier alpha value is -0.610. The van der Waals surface area contributed by atoms with E-state index in [-0.39, 0.29) is 0 Å². The highest BCUT2D eigenvalue weighted by Gasteiger charge is 2.20. The van der Waals surface area contributed by atoms with Gasteiger partial charge in [0.15, 0.2) is 0 Å². The Bertz CT molecular complexity index is 441. The molecule has 0 aromatic heterocycles. The quantitative estimate of drug-likeness (QED) is 0.851. The molecule has 0 radical (unpaired) electrons. The highest BCUT2D eigenvalue weighted by Crippen LogP contribution is 2.30. The number of benzene rings is 1. The maximum Gasteiger partial charge on any atom is 0.129 e. The zero-order valence-corrected chi connectivity index (χ0v) is 12.9. The molecule has 18 heavy (non-hydrogen) atoms. The first-order valence-electron chi connectivity index (χ1n) is 6.32. The molecule has 0 amide bonds. The van der Waals surface area contributed by atoms with E-state index in [2.05, 4.69) is 22.9 Å². The van der Waals surface area contributed by atoms with Crippen LogP contribution < -0.4 is 10.5 Å². The number of hydrogen-bond acceptors (Lipinski definition) is 2. The van der Waals surface area contributed by atoms with Crippen LogP contribution in [0.25, 0.3) is 0 Å². The normalized spacial score (nSPS) is 23.7. The minimum atomic E-state index is 0.301. The summed E-state index contributed by atoms with van der Waals surface area (Å²) < 4.78 is 7.03. The fourth-order valence-corrected chi connectivity index (χ4v) is 2.85. The van der Waals surface area contributed by atoms with Gasteiger partial charge in [0.1, 0.15) is 10.7 Å². The van der Waals surface area contributed by atoms with E-state index in [4.69, 9.17) is 22.7 Å². The van der Waals surface area contributed by atoms with Crippen molar-refractivity contribution in [2.24, 2.45) is 11.7 Å². The van der Waals surface area contributed by atoms with Crippen molar-refractivity contribution in [1.82, 2.24) is 0 Å². The second-order valence-corrected chi connectivity index (χ2v) is 6.36. The Balaban J connectivity index is 2.11. The highest BCUT2D eigenvalue weighted by molar-refractivity contribution is 9.10. The maximum atomic E-state index is 6.06. The lowest BCUT2D eigenvalue weighted by molar-refractivity contribution is 0.135. The van der Waals surface area contributed by atoms with Crippen LogP contribution in [0.5, 0.6) is 5.75 Å². The third kappa shape index (κ3) is 3.45. The molecule has 0 heterocycles. The van der Waals surface area contributed by atoms with Gasteiger partial charge in [0, 0.05) is 4.47 Å². The average molecular weight is 328 g/mol. The van der Waals surface area contributed by atoms with Crippen LogP contribution in [-0.4, -0.2) is 11.1 Å². The van der Waals surface area contributed by atoms with E-state index in [9.17, 15) is 0 Å². The van der Waals surface area contributed by atoms with Crippen molar-refractivity contribution in [3.63, 3.8) is 0 Å². The molecule has 98 valence electrons. The Morgan fingerprint density at radius 1 is 1.33 bits per heavy atom. The molecule has 1 aromatic rings. The van der Waals surface area contributed by atoms with Crippen molar-refractivity contribution in [3.05, 3.63) is 28.2 Å². The lowest BCUT2D eigenvalue weighted by atomic mass is 9.89. The van der Waals surface area contributed by atoms with Crippen LogP contribution >= 0.6 is 28.1 Å². The van der Waals surface area contributed by atoms with Gasteiger partial charge in [-0.2, -0.15) is 0 Å². The number of ether oxygens (including phenoxy) is 1. The molecule has 0 unspecified atom stereocenters. The van der Waals surface area contributed by atoms with Gasteiger partial charge >= 0.3 is 0 Å². The monoisotopic (exact) mass is 327 g/mol. The largest absolute Gasteiger partial charge is 0.490 e. The van der Waals surface area contributed by atoms with Crippen LogP contribution in [0, 0.1) is 5.92 Å². The van der Waals surface area contributed by atoms with E-state index in [1.165, 1.54) is 12.8 Å². The van der Waals surface area contributed by atoms with Gasteiger partial charge in [-0.25, -0.2) is 0 Å². The molecule has 4 heteroatoms. The average Bonchev–Trinajstić information content (AvgIpc) is 2.34. The van der Waals surface area contributed by atoms with E-state index >= 15 is 0 Å². The predicted molar refractivity (Wildman–Crippen MR) is 82.1 cm³/mol. The summed E-state index contributed by atoms with van der Waals surface area (Å²) >= 11 is 8.50. The molecule has 0 atom stereocenters. The summed E-state index contributed by atoms with van der Waals surface area (Å²) in [4.78, 5) is 0.385. The number of hydrogen-bond donors (Lipinski definition) is 1. The first-order chi connectivity index (χ1) is 8.56. The first kappa shape index (κ1) is 13.8. The van der Waals surface area contributed by atoms with Crippen molar-refractivity contribution in [2.45, 2.75) is 38.7 Å². The molecule has 1 aliphatic rings. The van der Waals surface area contributed by atoms with E-state index in [1.807, 2.05) is 18.2 Å². The summed E-state index contributed by atoms with van der Waals surface area (Å²) in [7, 11) is 0. The Morgan fingerprint density at radius 2 is 2.00 bits per heavy atom. The fraction of sp³-hybridized carbons (Fsp3) is 0.500. The first-order valence-corrected chi connectivity index (χ1v) is 7.52. The second kappa shape index (κ2) is 6.02. The van der Waals surface area contributed by atoms with Crippen molar-refractivity contribution < 1.29 is 4.74 Å². The molecular formula is C14H18BrNOS. The Morgan fingerprint density at radius 3 is 2.61 bits per heavy atom. The minimum Gasteiger partial charge on any atom is -0.490 e. The number of nitrogens with two attached hydrogens (primary N) is 1. The molecule has 0 aliphatic heterocycles. The zero-order chi connectivity index (χ0) is 13.1. The molecule has 0 bridgehead atoms. The minimum absolute atomic E-state index is 0.301. The van der Waals surface area contributed by atoms with Gasteiger partial charge in [0.2, 0.25) is 0 Å². The number of halogens is 1. The van der Waals surface area contributed by atoms with E-state index in [0.717, 1.165) is 34.5 Å². The van der Waals surface area contributed by atoms with Gasteiger partial charge in [0.05, 0.1) is 11.7 Å². The Labute approximate surface area is 122 Å². The van der Waals surface area contributed by atoms with Gasteiger partial charge < -0.3 is 10.5 Å². The lowest BCUT2D eigenvalue weighted by Gasteiger charge is -2.27. The third-order valence-corrected chi connectivity index (χ3v) is 4.18. The third-order valence-electron chi connectivity index (χ3n) is 3.46. The highest BCUT2D eigenvalue weighted by atomic mass is 79.9. The van der Waals surface area contributed by atoms with E-state index in [0.29, 0.717) is 11.1 Å². The second-order valence-electron chi connectivity index (χ2n) is 5.00. The van der Waals surface area contributed by atoms with Crippen molar-refractivity contribution >= 4 is 33.1 Å². The fourth-order valence-electron chi connectivity index (χ4n) is 2.32. The number of rotatable bonds is 3. The van der Waals surface area contributed by atoms with Crippen LogP contribution in [-0.2, 0) is 0 Å². The van der Waals surface area contributed by atoms with Crippen molar-refractivity contribution in [1.29, 1.82) is 0 Å². The van der Waals surface area contributed by atoms with Crippen LogP contribution in [0.2, 0.25) is 0 Å². The molecule has 0 saturated heterocycles. The molecular weight excluding hydrogens is 310 g/mol. The molecule has 2 rings (SSSR count). The molecule has 1 aromatic carbocycles. The van der Waals surface area contributed by atoms with Gasteiger partial charge in [-0.05, 0) is 49.8 Å². The summed E-state index contributed by atoms with van der Waals surface area (Å²) in [6, 6.07) is 5.82. The molecule has 1 saturated carbocycles. The van der Waals surface area contributed by atoms with Gasteiger partial charge in [-0.1, -0.05) is 35.1 Å². The zero-order valence-electron chi connectivity index (χ0n) is 10.5. The van der Waals surface area contributed by atoms with Crippen molar-refractivity contribution in [3.8, 4) is 5.75 Å². The summed E-state index contributed by atoms with van der Waals surface area (Å²) in [5.41, 5.74) is 6.56. The standard InChI is InChI=1S/C14H18BrNOS/c1-9-2-5-11(6-3-9)17-13-7-4-10(15)8-12(13)14(16)18/h4,7-9,11H,2-3,5-6H2,1H3,(H2,16,18). The van der Waals surface area contributed by atoms with E-state index in [1.54, 1.807) is 0 Å². The Kier molecular flexibility index (Phi) is 4.62. The number of thiocarbonyl (C=S) groups is 1.